The van der Waals surface area contributed by atoms with Gasteiger partial charge in [-0.25, -0.2) is 9.78 Å². The van der Waals surface area contributed by atoms with Crippen LogP contribution in [0, 0.1) is 0 Å². The van der Waals surface area contributed by atoms with Gasteiger partial charge in [-0.05, 0) is 30.3 Å². The average Bonchev–Trinajstić information content (AvgIpc) is 2.47. The number of nitrogens with zero attached hydrogens (tertiary/aromatic N) is 1. The maximum Gasteiger partial charge on any atom is 0.356 e. The Morgan fingerprint density at radius 2 is 2.05 bits per heavy atom. The number of aromatic carboxylic acids is 1. The van der Waals surface area contributed by atoms with Crippen molar-refractivity contribution >= 4 is 17.6 Å². The Kier molecular flexibility index (Phi) is 3.95. The summed E-state index contributed by atoms with van der Waals surface area (Å²) in [6, 6.07) is 9.58. The quantitative estimate of drug-likeness (QED) is 0.889. The highest BCUT2D eigenvalue weighted by Gasteiger charge is 2.14. The van der Waals surface area contributed by atoms with E-state index in [2.05, 4.69) is 10.3 Å². The largest absolute Gasteiger partial charge is 0.497 e. The number of pyridine rings is 1. The van der Waals surface area contributed by atoms with E-state index in [9.17, 15) is 9.59 Å². The molecule has 0 unspecified atom stereocenters. The number of benzene rings is 1. The topological polar surface area (TPSA) is 88.5 Å². The van der Waals surface area contributed by atoms with Crippen LogP contribution in [-0.2, 0) is 0 Å². The first-order valence-corrected chi connectivity index (χ1v) is 5.75. The summed E-state index contributed by atoms with van der Waals surface area (Å²) >= 11 is 0. The van der Waals surface area contributed by atoms with Crippen molar-refractivity contribution in [1.29, 1.82) is 0 Å². The number of hydrogen-bond acceptors (Lipinski definition) is 4. The number of amides is 1. The molecule has 102 valence electrons. The fraction of sp³-hybridized carbons (Fsp3) is 0.0714. The number of nitrogens with one attached hydrogen (secondary N) is 1. The number of carboxylic acid groups (broad SMARTS) is 1. The molecule has 0 saturated carbocycles. The van der Waals surface area contributed by atoms with Crippen LogP contribution in [-0.4, -0.2) is 29.1 Å². The second kappa shape index (κ2) is 5.83. The number of aromatic nitrogens is 1. The molecule has 2 N–H and O–H groups in total. The molecular formula is C14H12N2O4. The molecule has 1 aromatic heterocycles. The molecule has 0 aliphatic carbocycles. The van der Waals surface area contributed by atoms with E-state index >= 15 is 0 Å². The van der Waals surface area contributed by atoms with Crippen molar-refractivity contribution in [3.63, 3.8) is 0 Å². The summed E-state index contributed by atoms with van der Waals surface area (Å²) < 4.78 is 5.03. The predicted molar refractivity (Wildman–Crippen MR) is 72.1 cm³/mol. The van der Waals surface area contributed by atoms with Crippen molar-refractivity contribution in [1.82, 2.24) is 4.98 Å². The number of carboxylic acids is 1. The van der Waals surface area contributed by atoms with Gasteiger partial charge in [-0.2, -0.15) is 0 Å². The molecular weight excluding hydrogens is 260 g/mol. The maximum atomic E-state index is 12.1. The molecule has 6 nitrogen and oxygen atoms in total. The molecule has 0 saturated heterocycles. The van der Waals surface area contributed by atoms with Gasteiger partial charge in [0.1, 0.15) is 5.75 Å². The zero-order chi connectivity index (χ0) is 14.5. The average molecular weight is 272 g/mol. The second-order valence-electron chi connectivity index (χ2n) is 3.89. The fourth-order valence-corrected chi connectivity index (χ4v) is 1.64. The van der Waals surface area contributed by atoms with Gasteiger partial charge in [-0.1, -0.05) is 6.07 Å². The highest BCUT2D eigenvalue weighted by atomic mass is 16.5. The molecule has 2 aromatic rings. The van der Waals surface area contributed by atoms with Gasteiger partial charge in [-0.3, -0.25) is 4.79 Å². The maximum absolute atomic E-state index is 12.1. The van der Waals surface area contributed by atoms with Crippen molar-refractivity contribution in [3.8, 4) is 5.75 Å². The predicted octanol–water partition coefficient (Wildman–Crippen LogP) is 2.04. The number of anilines is 1. The molecule has 2 rings (SSSR count). The van der Waals surface area contributed by atoms with E-state index in [-0.39, 0.29) is 11.4 Å². The first kappa shape index (κ1) is 13.5. The monoisotopic (exact) mass is 272 g/mol. The highest BCUT2D eigenvalue weighted by molar-refractivity contribution is 6.07. The summed E-state index contributed by atoms with van der Waals surface area (Å²) in [6.07, 6.45) is 1.35. The number of ether oxygens (including phenoxy) is 1. The molecule has 0 radical (unpaired) electrons. The molecule has 0 atom stereocenters. The smallest absolute Gasteiger partial charge is 0.356 e. The number of hydrogen-bond donors (Lipinski definition) is 2. The van der Waals surface area contributed by atoms with Crippen molar-refractivity contribution in [2.45, 2.75) is 0 Å². The van der Waals surface area contributed by atoms with Crippen LogP contribution in [0.1, 0.15) is 20.8 Å². The summed E-state index contributed by atoms with van der Waals surface area (Å²) in [5.41, 5.74) is 0.307. The highest BCUT2D eigenvalue weighted by Crippen LogP contribution is 2.16. The molecule has 0 fully saturated rings. The number of carbonyl (C=O) groups is 2. The van der Waals surface area contributed by atoms with Crippen molar-refractivity contribution in [2.24, 2.45) is 0 Å². The summed E-state index contributed by atoms with van der Waals surface area (Å²) in [5.74, 6) is -1.09. The Morgan fingerprint density at radius 1 is 1.25 bits per heavy atom. The zero-order valence-electron chi connectivity index (χ0n) is 10.7. The Bertz CT molecular complexity index is 655. The standard InChI is InChI=1S/C14H12N2O4/c1-20-10-5-2-4-9(8-10)13(17)16-11-6-3-7-15-12(11)14(18)19/h2-8H,1H3,(H,16,17)(H,18,19). The van der Waals surface area contributed by atoms with E-state index in [4.69, 9.17) is 9.84 Å². The number of methoxy groups -OCH3 is 1. The summed E-state index contributed by atoms with van der Waals surface area (Å²) in [4.78, 5) is 26.8. The van der Waals surface area contributed by atoms with E-state index < -0.39 is 11.9 Å². The van der Waals surface area contributed by atoms with Crippen molar-refractivity contribution in [2.75, 3.05) is 12.4 Å². The van der Waals surface area contributed by atoms with Crippen LogP contribution in [0.2, 0.25) is 0 Å². The SMILES string of the molecule is COc1cccc(C(=O)Nc2cccnc2C(=O)O)c1. The Labute approximate surface area is 115 Å². The van der Waals surface area contributed by atoms with Gasteiger partial charge < -0.3 is 15.2 Å². The Morgan fingerprint density at radius 3 is 2.75 bits per heavy atom. The van der Waals surface area contributed by atoms with Crippen LogP contribution < -0.4 is 10.1 Å². The lowest BCUT2D eigenvalue weighted by Crippen LogP contribution is -2.15. The molecule has 0 bridgehead atoms. The van der Waals surface area contributed by atoms with Crippen molar-refractivity contribution < 1.29 is 19.4 Å². The van der Waals surface area contributed by atoms with Gasteiger partial charge in [0.2, 0.25) is 0 Å². The number of rotatable bonds is 4. The van der Waals surface area contributed by atoms with E-state index in [0.717, 1.165) is 0 Å². The summed E-state index contributed by atoms with van der Waals surface area (Å²) in [7, 11) is 1.50. The fourth-order valence-electron chi connectivity index (χ4n) is 1.64. The lowest BCUT2D eigenvalue weighted by molar-refractivity contribution is 0.0691. The van der Waals surface area contributed by atoms with Crippen LogP contribution in [0.4, 0.5) is 5.69 Å². The molecule has 0 aliphatic rings. The Balaban J connectivity index is 2.25. The first-order valence-electron chi connectivity index (χ1n) is 5.75. The molecule has 0 spiro atoms. The van der Waals surface area contributed by atoms with Crippen LogP contribution in [0.3, 0.4) is 0 Å². The summed E-state index contributed by atoms with van der Waals surface area (Å²) in [5, 5.41) is 11.5. The van der Waals surface area contributed by atoms with E-state index in [1.165, 1.54) is 19.4 Å². The van der Waals surface area contributed by atoms with Crippen LogP contribution in [0.5, 0.6) is 5.75 Å². The number of carbonyl (C=O) groups excluding carboxylic acids is 1. The normalized spacial score (nSPS) is 9.85. The lowest BCUT2D eigenvalue weighted by atomic mass is 10.2. The third-order valence-corrected chi connectivity index (χ3v) is 2.59. The minimum Gasteiger partial charge on any atom is -0.497 e. The molecule has 20 heavy (non-hydrogen) atoms. The lowest BCUT2D eigenvalue weighted by Gasteiger charge is -2.08. The first-order chi connectivity index (χ1) is 9.61. The van der Waals surface area contributed by atoms with Gasteiger partial charge in [-0.15, -0.1) is 0 Å². The van der Waals surface area contributed by atoms with Crippen LogP contribution in [0.15, 0.2) is 42.6 Å². The summed E-state index contributed by atoms with van der Waals surface area (Å²) in [6.45, 7) is 0. The van der Waals surface area contributed by atoms with Gasteiger partial charge in [0, 0.05) is 11.8 Å². The molecule has 1 heterocycles. The molecule has 1 amide bonds. The van der Waals surface area contributed by atoms with Crippen LogP contribution >= 0.6 is 0 Å². The third kappa shape index (κ3) is 2.92. The van der Waals surface area contributed by atoms with E-state index in [1.807, 2.05) is 0 Å². The van der Waals surface area contributed by atoms with E-state index in [0.29, 0.717) is 11.3 Å². The second-order valence-corrected chi connectivity index (χ2v) is 3.89. The molecule has 1 aromatic carbocycles. The Hall–Kier alpha value is -2.89. The van der Waals surface area contributed by atoms with Crippen molar-refractivity contribution in [3.05, 3.63) is 53.9 Å². The van der Waals surface area contributed by atoms with Gasteiger partial charge >= 0.3 is 5.97 Å². The minimum atomic E-state index is -1.20. The van der Waals surface area contributed by atoms with Crippen LogP contribution in [0.25, 0.3) is 0 Å². The zero-order valence-corrected chi connectivity index (χ0v) is 10.7. The molecule has 6 heteroatoms. The molecule has 0 aliphatic heterocycles. The third-order valence-electron chi connectivity index (χ3n) is 2.59. The van der Waals surface area contributed by atoms with Gasteiger partial charge in [0.15, 0.2) is 5.69 Å². The van der Waals surface area contributed by atoms with Gasteiger partial charge in [0.25, 0.3) is 5.91 Å². The van der Waals surface area contributed by atoms with E-state index in [1.54, 1.807) is 30.3 Å². The minimum absolute atomic E-state index is 0.146. The van der Waals surface area contributed by atoms with Gasteiger partial charge in [0.05, 0.1) is 12.8 Å².